The Morgan fingerprint density at radius 3 is 2.90 bits per heavy atom. The van der Waals surface area contributed by atoms with E-state index in [1.807, 2.05) is 29.5 Å². The van der Waals surface area contributed by atoms with Crippen LogP contribution in [0.25, 0.3) is 0 Å². The first-order valence-corrected chi connectivity index (χ1v) is 7.74. The van der Waals surface area contributed by atoms with E-state index in [1.54, 1.807) is 14.2 Å². The number of hydrogen-bond donors (Lipinski definition) is 1. The van der Waals surface area contributed by atoms with E-state index in [-0.39, 0.29) is 0 Å². The van der Waals surface area contributed by atoms with E-state index in [4.69, 9.17) is 9.47 Å². The van der Waals surface area contributed by atoms with E-state index in [0.29, 0.717) is 6.04 Å². The fraction of sp³-hybridized carbons (Fsp3) is 0.375. The number of nitrogens with one attached hydrogen (secondary N) is 1. The zero-order chi connectivity index (χ0) is 13.9. The van der Waals surface area contributed by atoms with Crippen molar-refractivity contribution in [3.63, 3.8) is 0 Å². The van der Waals surface area contributed by atoms with Gasteiger partial charge in [0, 0.05) is 10.9 Å². The molecule has 0 amide bonds. The van der Waals surface area contributed by atoms with Crippen molar-refractivity contribution >= 4 is 17.0 Å². The van der Waals surface area contributed by atoms with Gasteiger partial charge in [0.05, 0.1) is 25.9 Å². The fourth-order valence-electron chi connectivity index (χ4n) is 2.74. The number of ether oxygens (including phenoxy) is 2. The molecule has 3 nitrogen and oxygen atoms in total. The highest BCUT2D eigenvalue weighted by atomic mass is 32.1. The molecule has 4 heteroatoms. The highest BCUT2D eigenvalue weighted by Crippen LogP contribution is 2.38. The molecule has 0 fully saturated rings. The van der Waals surface area contributed by atoms with Crippen LogP contribution in [0.4, 0.5) is 5.69 Å². The molecule has 1 aliphatic rings. The average molecular weight is 289 g/mol. The summed E-state index contributed by atoms with van der Waals surface area (Å²) in [7, 11) is 3.36. The minimum Gasteiger partial charge on any atom is -0.497 e. The number of anilines is 1. The summed E-state index contributed by atoms with van der Waals surface area (Å²) in [6.45, 7) is 0. The number of benzene rings is 1. The number of methoxy groups -OCH3 is 2. The highest BCUT2D eigenvalue weighted by Gasteiger charge is 2.22. The van der Waals surface area contributed by atoms with Crippen LogP contribution in [-0.2, 0) is 6.42 Å². The Bertz CT molecular complexity index is 594. The molecule has 1 aromatic carbocycles. The zero-order valence-electron chi connectivity index (χ0n) is 11.8. The van der Waals surface area contributed by atoms with Gasteiger partial charge in [0.15, 0.2) is 0 Å². The molecule has 0 spiro atoms. The maximum absolute atomic E-state index is 5.46. The van der Waals surface area contributed by atoms with Gasteiger partial charge in [0.2, 0.25) is 0 Å². The van der Waals surface area contributed by atoms with Gasteiger partial charge in [-0.25, -0.2) is 0 Å². The zero-order valence-corrected chi connectivity index (χ0v) is 12.6. The predicted molar refractivity (Wildman–Crippen MR) is 83.2 cm³/mol. The van der Waals surface area contributed by atoms with E-state index in [2.05, 4.69) is 16.8 Å². The molecule has 1 aliphatic carbocycles. The molecule has 0 bridgehead atoms. The molecule has 0 aliphatic heterocycles. The second kappa shape index (κ2) is 5.75. The van der Waals surface area contributed by atoms with Gasteiger partial charge in [-0.05, 0) is 48.4 Å². The summed E-state index contributed by atoms with van der Waals surface area (Å²) in [5.74, 6) is 1.64. The van der Waals surface area contributed by atoms with Crippen molar-refractivity contribution in [1.82, 2.24) is 0 Å². The Morgan fingerprint density at radius 1 is 1.20 bits per heavy atom. The van der Waals surface area contributed by atoms with Crippen LogP contribution in [0.1, 0.15) is 29.3 Å². The Labute approximate surface area is 123 Å². The van der Waals surface area contributed by atoms with Gasteiger partial charge in [-0.2, -0.15) is 0 Å². The fourth-order valence-corrected chi connectivity index (χ4v) is 3.73. The lowest BCUT2D eigenvalue weighted by Crippen LogP contribution is -2.16. The molecular formula is C16H19NO2S. The maximum Gasteiger partial charge on any atom is 0.145 e. The predicted octanol–water partition coefficient (Wildman–Crippen LogP) is 4.25. The largest absolute Gasteiger partial charge is 0.497 e. The normalized spacial score (nSPS) is 17.4. The number of thiophene rings is 1. The van der Waals surface area contributed by atoms with Crippen molar-refractivity contribution in [1.29, 1.82) is 0 Å². The van der Waals surface area contributed by atoms with Gasteiger partial charge in [-0.15, -0.1) is 11.3 Å². The molecule has 1 aromatic heterocycles. The number of hydrogen-bond acceptors (Lipinski definition) is 4. The molecule has 0 saturated heterocycles. The summed E-state index contributed by atoms with van der Waals surface area (Å²) >= 11 is 1.86. The summed E-state index contributed by atoms with van der Waals surface area (Å²) in [4.78, 5) is 1.52. The van der Waals surface area contributed by atoms with Crippen LogP contribution in [0.2, 0.25) is 0 Å². The smallest absolute Gasteiger partial charge is 0.145 e. The van der Waals surface area contributed by atoms with Crippen LogP contribution in [0, 0.1) is 0 Å². The second-order valence-electron chi connectivity index (χ2n) is 4.95. The minimum absolute atomic E-state index is 0.382. The lowest BCUT2D eigenvalue weighted by molar-refractivity contribution is 0.395. The number of aryl methyl sites for hydroxylation is 1. The first-order chi connectivity index (χ1) is 9.81. The molecule has 1 unspecified atom stereocenters. The summed E-state index contributed by atoms with van der Waals surface area (Å²) in [5, 5.41) is 5.81. The van der Waals surface area contributed by atoms with E-state index >= 15 is 0 Å². The van der Waals surface area contributed by atoms with E-state index < -0.39 is 0 Å². The molecule has 0 saturated carbocycles. The molecule has 1 atom stereocenters. The Morgan fingerprint density at radius 2 is 2.10 bits per heavy atom. The number of rotatable bonds is 4. The van der Waals surface area contributed by atoms with Gasteiger partial charge >= 0.3 is 0 Å². The van der Waals surface area contributed by atoms with Crippen LogP contribution in [0.3, 0.4) is 0 Å². The van der Waals surface area contributed by atoms with Crippen molar-refractivity contribution < 1.29 is 9.47 Å². The van der Waals surface area contributed by atoms with Crippen molar-refractivity contribution in [2.75, 3.05) is 19.5 Å². The molecule has 0 radical (unpaired) electrons. The third kappa shape index (κ3) is 2.48. The number of fused-ring (bicyclic) bond motifs is 1. The van der Waals surface area contributed by atoms with Gasteiger partial charge in [0.1, 0.15) is 11.5 Å². The minimum atomic E-state index is 0.382. The quantitative estimate of drug-likeness (QED) is 0.912. The molecule has 2 aromatic rings. The second-order valence-corrected chi connectivity index (χ2v) is 5.96. The van der Waals surface area contributed by atoms with E-state index in [1.165, 1.54) is 29.7 Å². The average Bonchev–Trinajstić information content (AvgIpc) is 2.97. The molecule has 1 N–H and O–H groups in total. The summed E-state index contributed by atoms with van der Waals surface area (Å²) in [6.07, 6.45) is 3.62. The van der Waals surface area contributed by atoms with Crippen molar-refractivity contribution in [2.24, 2.45) is 0 Å². The van der Waals surface area contributed by atoms with Crippen LogP contribution in [0.5, 0.6) is 11.5 Å². The lowest BCUT2D eigenvalue weighted by Gasteiger charge is -2.25. The monoisotopic (exact) mass is 289 g/mol. The van der Waals surface area contributed by atoms with Gasteiger partial charge in [-0.3, -0.25) is 0 Å². The standard InChI is InChI=1S/C16H19NO2S/c1-18-11-6-7-14(15(10-11)19-2)17-13-4-3-5-16-12(13)8-9-20-16/h6-10,13,17H,3-5H2,1-2H3. The maximum atomic E-state index is 5.46. The topological polar surface area (TPSA) is 30.5 Å². The van der Waals surface area contributed by atoms with Crippen LogP contribution in [0.15, 0.2) is 29.6 Å². The Balaban J connectivity index is 1.86. The van der Waals surface area contributed by atoms with Crippen molar-refractivity contribution in [3.8, 4) is 11.5 Å². The molecule has 1 heterocycles. The highest BCUT2D eigenvalue weighted by molar-refractivity contribution is 7.10. The van der Waals surface area contributed by atoms with Crippen molar-refractivity contribution in [3.05, 3.63) is 40.1 Å². The summed E-state index contributed by atoms with van der Waals surface area (Å²) in [6, 6.07) is 8.53. The molecule has 106 valence electrons. The van der Waals surface area contributed by atoms with E-state index in [0.717, 1.165) is 17.2 Å². The molecule has 3 rings (SSSR count). The Kier molecular flexibility index (Phi) is 3.83. The third-order valence-corrected chi connectivity index (χ3v) is 4.79. The molecule has 20 heavy (non-hydrogen) atoms. The lowest BCUT2D eigenvalue weighted by atomic mass is 9.94. The van der Waals surface area contributed by atoms with Gasteiger partial charge < -0.3 is 14.8 Å². The van der Waals surface area contributed by atoms with Crippen molar-refractivity contribution in [2.45, 2.75) is 25.3 Å². The van der Waals surface area contributed by atoms with Gasteiger partial charge in [-0.1, -0.05) is 0 Å². The third-order valence-electron chi connectivity index (χ3n) is 3.79. The molecular weight excluding hydrogens is 270 g/mol. The summed E-state index contributed by atoms with van der Waals surface area (Å²) in [5.41, 5.74) is 2.47. The van der Waals surface area contributed by atoms with Crippen LogP contribution in [-0.4, -0.2) is 14.2 Å². The van der Waals surface area contributed by atoms with Crippen LogP contribution < -0.4 is 14.8 Å². The van der Waals surface area contributed by atoms with E-state index in [9.17, 15) is 0 Å². The summed E-state index contributed by atoms with van der Waals surface area (Å²) < 4.78 is 10.7. The first-order valence-electron chi connectivity index (χ1n) is 6.86. The Hall–Kier alpha value is -1.68. The SMILES string of the molecule is COc1ccc(NC2CCCc3sccc32)c(OC)c1. The first kappa shape index (κ1) is 13.3. The van der Waals surface area contributed by atoms with Gasteiger partial charge in [0.25, 0.3) is 0 Å². The van der Waals surface area contributed by atoms with Crippen LogP contribution >= 0.6 is 11.3 Å².